The van der Waals surface area contributed by atoms with E-state index in [-0.39, 0.29) is 18.9 Å². The standard InChI is InChI=1S/C13H13N3O3/c17-12-5-9(13(18)19)7-15(12)8-10-6-14-11-3-1-2-4-16(10)11/h1-4,6,9H,5,7-8H2,(H,18,19). The highest BCUT2D eigenvalue weighted by Gasteiger charge is 2.34. The number of nitrogens with zero attached hydrogens (tertiary/aromatic N) is 3. The first-order valence-corrected chi connectivity index (χ1v) is 6.06. The molecule has 3 rings (SSSR count). The zero-order chi connectivity index (χ0) is 13.4. The summed E-state index contributed by atoms with van der Waals surface area (Å²) in [5.74, 6) is -1.61. The van der Waals surface area contributed by atoms with Gasteiger partial charge in [-0.05, 0) is 12.1 Å². The van der Waals surface area contributed by atoms with Crippen molar-refractivity contribution < 1.29 is 14.7 Å². The van der Waals surface area contributed by atoms with Crippen molar-refractivity contribution >= 4 is 17.5 Å². The van der Waals surface area contributed by atoms with Gasteiger partial charge in [0.15, 0.2) is 0 Å². The van der Waals surface area contributed by atoms with Gasteiger partial charge in [0.05, 0.1) is 24.4 Å². The Kier molecular flexibility index (Phi) is 2.70. The molecule has 1 N–H and O–H groups in total. The van der Waals surface area contributed by atoms with E-state index in [4.69, 9.17) is 5.11 Å². The molecule has 1 amide bonds. The Bertz CT molecular complexity index is 649. The third-order valence-electron chi connectivity index (χ3n) is 3.41. The number of imidazole rings is 1. The molecule has 2 aromatic rings. The van der Waals surface area contributed by atoms with Crippen LogP contribution in [0.1, 0.15) is 12.1 Å². The zero-order valence-electron chi connectivity index (χ0n) is 10.2. The number of carboxylic acids is 1. The predicted molar refractivity (Wildman–Crippen MR) is 66.4 cm³/mol. The van der Waals surface area contributed by atoms with Crippen LogP contribution < -0.4 is 0 Å². The Morgan fingerprint density at radius 1 is 1.47 bits per heavy atom. The summed E-state index contributed by atoms with van der Waals surface area (Å²) in [5.41, 5.74) is 1.70. The SMILES string of the molecule is O=C(O)C1CC(=O)N(Cc2cnc3ccccn23)C1. The van der Waals surface area contributed by atoms with Crippen LogP contribution in [0.5, 0.6) is 0 Å². The molecule has 1 aliphatic heterocycles. The lowest BCUT2D eigenvalue weighted by atomic mass is 10.1. The number of aromatic nitrogens is 2. The van der Waals surface area contributed by atoms with E-state index in [0.29, 0.717) is 6.54 Å². The van der Waals surface area contributed by atoms with Gasteiger partial charge in [-0.15, -0.1) is 0 Å². The van der Waals surface area contributed by atoms with Gasteiger partial charge in [-0.25, -0.2) is 4.98 Å². The van der Waals surface area contributed by atoms with Crippen LogP contribution in [0.3, 0.4) is 0 Å². The van der Waals surface area contributed by atoms with E-state index in [1.807, 2.05) is 28.8 Å². The molecule has 1 atom stereocenters. The van der Waals surface area contributed by atoms with E-state index in [1.165, 1.54) is 0 Å². The molecule has 0 saturated carbocycles. The largest absolute Gasteiger partial charge is 0.481 e. The van der Waals surface area contributed by atoms with Crippen molar-refractivity contribution in [2.24, 2.45) is 5.92 Å². The van der Waals surface area contributed by atoms with E-state index >= 15 is 0 Å². The van der Waals surface area contributed by atoms with Gasteiger partial charge in [-0.2, -0.15) is 0 Å². The average molecular weight is 259 g/mol. The number of amides is 1. The number of aliphatic carboxylic acids is 1. The molecule has 6 nitrogen and oxygen atoms in total. The first-order chi connectivity index (χ1) is 9.15. The molecule has 1 fully saturated rings. The highest BCUT2D eigenvalue weighted by Crippen LogP contribution is 2.20. The summed E-state index contributed by atoms with van der Waals surface area (Å²) in [5, 5.41) is 8.95. The molecule has 98 valence electrons. The number of fused-ring (bicyclic) bond motifs is 1. The molecule has 0 bridgehead atoms. The Morgan fingerprint density at radius 2 is 2.32 bits per heavy atom. The summed E-state index contributed by atoms with van der Waals surface area (Å²) >= 11 is 0. The van der Waals surface area contributed by atoms with Crippen molar-refractivity contribution in [3.05, 3.63) is 36.3 Å². The summed E-state index contributed by atoms with van der Waals surface area (Å²) in [6.45, 7) is 0.669. The minimum absolute atomic E-state index is 0.0894. The second-order valence-electron chi connectivity index (χ2n) is 4.69. The second-order valence-corrected chi connectivity index (χ2v) is 4.69. The van der Waals surface area contributed by atoms with Crippen LogP contribution in [0.4, 0.5) is 0 Å². The normalized spacial score (nSPS) is 19.3. The highest BCUT2D eigenvalue weighted by molar-refractivity contribution is 5.86. The quantitative estimate of drug-likeness (QED) is 0.883. The second kappa shape index (κ2) is 4.38. The molecule has 2 aromatic heterocycles. The molecular formula is C13H13N3O3. The van der Waals surface area contributed by atoms with Crippen LogP contribution in [-0.2, 0) is 16.1 Å². The Morgan fingerprint density at radius 3 is 3.05 bits per heavy atom. The molecule has 1 aliphatic rings. The minimum Gasteiger partial charge on any atom is -0.481 e. The Hall–Kier alpha value is -2.37. The first-order valence-electron chi connectivity index (χ1n) is 6.06. The lowest BCUT2D eigenvalue weighted by Crippen LogP contribution is -2.26. The van der Waals surface area contributed by atoms with Crippen LogP contribution in [0, 0.1) is 5.92 Å². The van der Waals surface area contributed by atoms with Crippen LogP contribution in [0.2, 0.25) is 0 Å². The Labute approximate surface area is 109 Å². The van der Waals surface area contributed by atoms with Gasteiger partial charge in [0.2, 0.25) is 5.91 Å². The fraction of sp³-hybridized carbons (Fsp3) is 0.308. The van der Waals surface area contributed by atoms with Crippen LogP contribution in [0.25, 0.3) is 5.65 Å². The molecule has 0 aromatic carbocycles. The third kappa shape index (κ3) is 2.05. The summed E-state index contributed by atoms with van der Waals surface area (Å²) in [6, 6.07) is 5.67. The number of rotatable bonds is 3. The number of pyridine rings is 1. The smallest absolute Gasteiger partial charge is 0.308 e. The molecule has 0 spiro atoms. The highest BCUT2D eigenvalue weighted by atomic mass is 16.4. The Balaban J connectivity index is 1.82. The molecule has 0 radical (unpaired) electrons. The summed E-state index contributed by atoms with van der Waals surface area (Å²) in [7, 11) is 0. The number of carboxylic acid groups (broad SMARTS) is 1. The molecule has 19 heavy (non-hydrogen) atoms. The van der Waals surface area contributed by atoms with Crippen LogP contribution in [0.15, 0.2) is 30.6 Å². The van der Waals surface area contributed by atoms with Gasteiger partial charge >= 0.3 is 5.97 Å². The average Bonchev–Trinajstić information content (AvgIpc) is 2.96. The molecule has 1 saturated heterocycles. The number of likely N-dealkylation sites (tertiary alicyclic amines) is 1. The summed E-state index contributed by atoms with van der Waals surface area (Å²) in [4.78, 5) is 28.5. The van der Waals surface area contributed by atoms with Gasteiger partial charge in [0.1, 0.15) is 5.65 Å². The predicted octanol–water partition coefficient (Wildman–Crippen LogP) is 0.767. The maximum atomic E-state index is 11.8. The van der Waals surface area contributed by atoms with E-state index in [1.54, 1.807) is 11.1 Å². The van der Waals surface area contributed by atoms with E-state index in [0.717, 1.165) is 11.3 Å². The van der Waals surface area contributed by atoms with E-state index in [2.05, 4.69) is 4.98 Å². The number of carbonyl (C=O) groups is 2. The van der Waals surface area contributed by atoms with Crippen molar-refractivity contribution in [1.29, 1.82) is 0 Å². The van der Waals surface area contributed by atoms with Crippen molar-refractivity contribution in [3.8, 4) is 0 Å². The minimum atomic E-state index is -0.908. The van der Waals surface area contributed by atoms with E-state index < -0.39 is 11.9 Å². The molecule has 6 heteroatoms. The number of hydrogen-bond donors (Lipinski definition) is 1. The van der Waals surface area contributed by atoms with E-state index in [9.17, 15) is 9.59 Å². The molecule has 0 aliphatic carbocycles. The van der Waals surface area contributed by atoms with Crippen LogP contribution >= 0.6 is 0 Å². The van der Waals surface area contributed by atoms with Crippen molar-refractivity contribution in [3.63, 3.8) is 0 Å². The van der Waals surface area contributed by atoms with Crippen molar-refractivity contribution in [2.75, 3.05) is 6.54 Å². The molecule has 1 unspecified atom stereocenters. The van der Waals surface area contributed by atoms with Crippen LogP contribution in [-0.4, -0.2) is 37.8 Å². The lowest BCUT2D eigenvalue weighted by Gasteiger charge is -2.15. The maximum Gasteiger partial charge on any atom is 0.308 e. The monoisotopic (exact) mass is 259 g/mol. The zero-order valence-corrected chi connectivity index (χ0v) is 10.2. The fourth-order valence-corrected chi connectivity index (χ4v) is 2.39. The summed E-state index contributed by atoms with van der Waals surface area (Å²) in [6.07, 6.45) is 3.69. The molecule has 3 heterocycles. The van der Waals surface area contributed by atoms with Crippen molar-refractivity contribution in [2.45, 2.75) is 13.0 Å². The van der Waals surface area contributed by atoms with Gasteiger partial charge < -0.3 is 14.4 Å². The van der Waals surface area contributed by atoms with Gasteiger partial charge in [-0.1, -0.05) is 6.07 Å². The maximum absolute atomic E-state index is 11.8. The summed E-state index contributed by atoms with van der Waals surface area (Å²) < 4.78 is 1.90. The lowest BCUT2D eigenvalue weighted by molar-refractivity contribution is -0.141. The van der Waals surface area contributed by atoms with Gasteiger partial charge in [-0.3, -0.25) is 9.59 Å². The fourth-order valence-electron chi connectivity index (χ4n) is 2.39. The van der Waals surface area contributed by atoms with Gasteiger partial charge in [0.25, 0.3) is 0 Å². The third-order valence-corrected chi connectivity index (χ3v) is 3.41. The number of carbonyl (C=O) groups excluding carboxylic acids is 1. The first kappa shape index (κ1) is 11.7. The van der Waals surface area contributed by atoms with Gasteiger partial charge in [0, 0.05) is 19.2 Å². The molecular weight excluding hydrogens is 246 g/mol. The topological polar surface area (TPSA) is 74.9 Å². The van der Waals surface area contributed by atoms with Crippen molar-refractivity contribution in [1.82, 2.24) is 14.3 Å². The number of hydrogen-bond acceptors (Lipinski definition) is 3.